The van der Waals surface area contributed by atoms with Gasteiger partial charge < -0.3 is 0 Å². The van der Waals surface area contributed by atoms with Crippen molar-refractivity contribution in [3.8, 4) is 11.1 Å². The van der Waals surface area contributed by atoms with Crippen LogP contribution in [0.5, 0.6) is 0 Å². The van der Waals surface area contributed by atoms with Gasteiger partial charge in [0.15, 0.2) is 0 Å². The van der Waals surface area contributed by atoms with Gasteiger partial charge in [0.25, 0.3) is 5.56 Å². The fourth-order valence-electron chi connectivity index (χ4n) is 2.50. The summed E-state index contributed by atoms with van der Waals surface area (Å²) in [6, 6.07) is 7.60. The highest BCUT2D eigenvalue weighted by molar-refractivity contribution is 7.19. The fraction of sp³-hybridized carbons (Fsp3) is 0.250. The van der Waals surface area contributed by atoms with Gasteiger partial charge in [-0.25, -0.2) is 4.98 Å². The van der Waals surface area contributed by atoms with Crippen molar-refractivity contribution in [1.82, 2.24) is 9.55 Å². The van der Waals surface area contributed by atoms with E-state index in [-0.39, 0.29) is 5.56 Å². The number of nitrogens with zero attached hydrogens (tertiary/aromatic N) is 2. The molecule has 0 saturated heterocycles. The van der Waals surface area contributed by atoms with E-state index in [1.54, 1.807) is 22.2 Å². The maximum absolute atomic E-state index is 12.7. The second-order valence-corrected chi connectivity index (χ2v) is 6.60. The van der Waals surface area contributed by atoms with E-state index in [4.69, 9.17) is 11.6 Å². The molecule has 0 atom stereocenters. The maximum Gasteiger partial charge on any atom is 0.262 e. The van der Waals surface area contributed by atoms with Gasteiger partial charge in [0.05, 0.1) is 11.7 Å². The van der Waals surface area contributed by atoms with E-state index in [1.165, 1.54) is 0 Å². The topological polar surface area (TPSA) is 34.9 Å². The Kier molecular flexibility index (Phi) is 3.83. The number of benzene rings is 1. The van der Waals surface area contributed by atoms with Crippen molar-refractivity contribution >= 4 is 33.2 Å². The first-order chi connectivity index (χ1) is 10.1. The Morgan fingerprint density at radius 1 is 1.29 bits per heavy atom. The minimum absolute atomic E-state index is 0.0381. The molecule has 0 aliphatic rings. The number of aryl methyl sites for hydroxylation is 2. The summed E-state index contributed by atoms with van der Waals surface area (Å²) in [4.78, 5) is 19.0. The van der Waals surface area contributed by atoms with Crippen molar-refractivity contribution < 1.29 is 0 Å². The third kappa shape index (κ3) is 2.49. The molecule has 0 amide bonds. The van der Waals surface area contributed by atoms with E-state index in [1.807, 2.05) is 31.2 Å². The first-order valence-electron chi connectivity index (χ1n) is 6.86. The molecule has 108 valence electrons. The second kappa shape index (κ2) is 5.62. The smallest absolute Gasteiger partial charge is 0.262 e. The van der Waals surface area contributed by atoms with E-state index in [2.05, 4.69) is 11.9 Å². The number of fused-ring (bicyclic) bond motifs is 1. The van der Waals surface area contributed by atoms with Gasteiger partial charge in [0.2, 0.25) is 0 Å². The van der Waals surface area contributed by atoms with Crippen molar-refractivity contribution in [2.75, 3.05) is 0 Å². The molecule has 0 saturated carbocycles. The van der Waals surface area contributed by atoms with Crippen molar-refractivity contribution in [1.29, 1.82) is 0 Å². The van der Waals surface area contributed by atoms with Gasteiger partial charge in [-0.1, -0.05) is 30.7 Å². The molecule has 0 unspecified atom stereocenters. The second-order valence-electron chi connectivity index (χ2n) is 4.96. The summed E-state index contributed by atoms with van der Waals surface area (Å²) in [7, 11) is 0. The summed E-state index contributed by atoms with van der Waals surface area (Å²) in [5, 5.41) is 1.41. The van der Waals surface area contributed by atoms with Gasteiger partial charge in [-0.15, -0.1) is 11.3 Å². The van der Waals surface area contributed by atoms with E-state index >= 15 is 0 Å². The molecule has 0 N–H and O–H groups in total. The van der Waals surface area contributed by atoms with Gasteiger partial charge in [0.1, 0.15) is 4.83 Å². The largest absolute Gasteiger partial charge is 0.299 e. The minimum atomic E-state index is 0.0381. The van der Waals surface area contributed by atoms with Crippen LogP contribution in [-0.4, -0.2) is 9.55 Å². The summed E-state index contributed by atoms with van der Waals surface area (Å²) >= 11 is 7.51. The molecule has 0 bridgehead atoms. The fourth-order valence-corrected chi connectivity index (χ4v) is 3.63. The van der Waals surface area contributed by atoms with Crippen LogP contribution in [0.1, 0.15) is 18.2 Å². The first-order valence-corrected chi connectivity index (χ1v) is 8.05. The number of rotatable bonds is 3. The first kappa shape index (κ1) is 14.3. The molecule has 0 aliphatic heterocycles. The molecule has 0 aliphatic carbocycles. The maximum atomic E-state index is 12.7. The van der Waals surface area contributed by atoms with Crippen molar-refractivity contribution in [2.24, 2.45) is 0 Å². The van der Waals surface area contributed by atoms with Crippen LogP contribution in [-0.2, 0) is 6.54 Å². The van der Waals surface area contributed by atoms with Gasteiger partial charge in [-0.2, -0.15) is 0 Å². The van der Waals surface area contributed by atoms with Gasteiger partial charge in [0, 0.05) is 22.0 Å². The third-order valence-electron chi connectivity index (χ3n) is 3.45. The molecular weight excluding hydrogens is 304 g/mol. The highest BCUT2D eigenvalue weighted by Crippen LogP contribution is 2.35. The number of hydrogen-bond acceptors (Lipinski definition) is 3. The SMILES string of the molecule is CCCn1cnc2sc(C)c(-c3ccc(Cl)cc3)c2c1=O. The molecule has 0 spiro atoms. The molecule has 1 aromatic carbocycles. The summed E-state index contributed by atoms with van der Waals surface area (Å²) in [5.41, 5.74) is 2.03. The Hall–Kier alpha value is -1.65. The summed E-state index contributed by atoms with van der Waals surface area (Å²) < 4.78 is 1.69. The average Bonchev–Trinajstić information content (AvgIpc) is 2.80. The van der Waals surface area contributed by atoms with E-state index in [0.29, 0.717) is 11.6 Å². The van der Waals surface area contributed by atoms with Crippen LogP contribution < -0.4 is 5.56 Å². The lowest BCUT2D eigenvalue weighted by Crippen LogP contribution is -2.20. The molecule has 3 rings (SSSR count). The molecule has 0 radical (unpaired) electrons. The highest BCUT2D eigenvalue weighted by Gasteiger charge is 2.16. The quantitative estimate of drug-likeness (QED) is 0.712. The zero-order valence-corrected chi connectivity index (χ0v) is 13.5. The lowest BCUT2D eigenvalue weighted by molar-refractivity contribution is 0.648. The van der Waals surface area contributed by atoms with Crippen molar-refractivity contribution in [2.45, 2.75) is 26.8 Å². The van der Waals surface area contributed by atoms with Crippen molar-refractivity contribution in [3.63, 3.8) is 0 Å². The van der Waals surface area contributed by atoms with Crippen molar-refractivity contribution in [3.05, 3.63) is 50.8 Å². The Balaban J connectivity index is 2.31. The van der Waals surface area contributed by atoms with E-state index < -0.39 is 0 Å². The van der Waals surface area contributed by atoms with Gasteiger partial charge in [-0.3, -0.25) is 9.36 Å². The Bertz CT molecular complexity index is 849. The molecular formula is C16H15ClN2OS. The zero-order valence-electron chi connectivity index (χ0n) is 11.9. The van der Waals surface area contributed by atoms with Crippen LogP contribution in [0.3, 0.4) is 0 Å². The number of hydrogen-bond donors (Lipinski definition) is 0. The molecule has 21 heavy (non-hydrogen) atoms. The van der Waals surface area contributed by atoms with Crippen LogP contribution in [0, 0.1) is 6.92 Å². The highest BCUT2D eigenvalue weighted by atomic mass is 35.5. The summed E-state index contributed by atoms with van der Waals surface area (Å²) in [5.74, 6) is 0. The van der Waals surface area contributed by atoms with Crippen LogP contribution in [0.15, 0.2) is 35.4 Å². The van der Waals surface area contributed by atoms with Crippen LogP contribution >= 0.6 is 22.9 Å². The Labute approximate surface area is 131 Å². The molecule has 3 nitrogen and oxygen atoms in total. The van der Waals surface area contributed by atoms with Crippen LogP contribution in [0.2, 0.25) is 5.02 Å². The lowest BCUT2D eigenvalue weighted by Gasteiger charge is -2.05. The zero-order chi connectivity index (χ0) is 15.0. The summed E-state index contributed by atoms with van der Waals surface area (Å²) in [6.45, 7) is 4.77. The van der Waals surface area contributed by atoms with Gasteiger partial charge in [-0.05, 0) is 31.0 Å². The van der Waals surface area contributed by atoms with Gasteiger partial charge >= 0.3 is 0 Å². The number of halogens is 1. The van der Waals surface area contributed by atoms with E-state index in [0.717, 1.165) is 32.6 Å². The molecule has 0 fully saturated rings. The van der Waals surface area contributed by atoms with Crippen LogP contribution in [0.4, 0.5) is 0 Å². The minimum Gasteiger partial charge on any atom is -0.299 e. The van der Waals surface area contributed by atoms with Crippen LogP contribution in [0.25, 0.3) is 21.3 Å². The predicted molar refractivity (Wildman–Crippen MR) is 89.4 cm³/mol. The standard InChI is InChI=1S/C16H15ClN2OS/c1-3-8-19-9-18-15-14(16(19)20)13(10(2)21-15)11-4-6-12(17)7-5-11/h4-7,9H,3,8H2,1-2H3. The predicted octanol–water partition coefficient (Wildman–Crippen LogP) is 4.50. The number of aromatic nitrogens is 2. The number of thiophene rings is 1. The summed E-state index contributed by atoms with van der Waals surface area (Å²) in [6.07, 6.45) is 2.56. The third-order valence-corrected chi connectivity index (χ3v) is 4.72. The Morgan fingerprint density at radius 2 is 2.00 bits per heavy atom. The van der Waals surface area contributed by atoms with E-state index in [9.17, 15) is 4.79 Å². The molecule has 2 heterocycles. The molecule has 2 aromatic heterocycles. The monoisotopic (exact) mass is 318 g/mol. The normalized spacial score (nSPS) is 11.2. The lowest BCUT2D eigenvalue weighted by atomic mass is 10.0. The molecule has 5 heteroatoms. The Morgan fingerprint density at radius 3 is 2.67 bits per heavy atom. The average molecular weight is 319 g/mol. The molecule has 3 aromatic rings.